The Balaban J connectivity index is 1.42. The van der Waals surface area contributed by atoms with Crippen LogP contribution < -0.4 is 9.47 Å². The minimum Gasteiger partial charge on any atom is -0.497 e. The number of nitrogens with zero attached hydrogens (tertiary/aromatic N) is 2. The SMILES string of the molecule is COc1ccc(CC(=O)N(Cc2ccncc2)Cc2cccc(OCCc3ccc(F)cc3)c2)cc1. The van der Waals surface area contributed by atoms with Gasteiger partial charge in [0.1, 0.15) is 17.3 Å². The van der Waals surface area contributed by atoms with Gasteiger partial charge in [0.15, 0.2) is 0 Å². The Morgan fingerprint density at radius 3 is 2.22 bits per heavy atom. The van der Waals surface area contributed by atoms with E-state index in [9.17, 15) is 9.18 Å². The molecule has 184 valence electrons. The van der Waals surface area contributed by atoms with Crippen LogP contribution in [0.3, 0.4) is 0 Å². The molecule has 36 heavy (non-hydrogen) atoms. The maximum Gasteiger partial charge on any atom is 0.227 e. The number of ether oxygens (including phenoxy) is 2. The van der Waals surface area contributed by atoms with Crippen molar-refractivity contribution in [1.82, 2.24) is 9.88 Å². The lowest BCUT2D eigenvalue weighted by Crippen LogP contribution is -2.31. The zero-order valence-electron chi connectivity index (χ0n) is 20.3. The van der Waals surface area contributed by atoms with Crippen LogP contribution in [0.15, 0.2) is 97.3 Å². The summed E-state index contributed by atoms with van der Waals surface area (Å²) in [7, 11) is 1.62. The van der Waals surface area contributed by atoms with Crippen LogP contribution in [0.25, 0.3) is 0 Å². The molecule has 0 unspecified atom stereocenters. The fourth-order valence-electron chi connectivity index (χ4n) is 3.86. The van der Waals surface area contributed by atoms with Gasteiger partial charge < -0.3 is 14.4 Å². The molecule has 1 aromatic heterocycles. The minimum atomic E-state index is -0.245. The maximum atomic E-state index is 13.3. The monoisotopic (exact) mass is 484 g/mol. The molecule has 1 heterocycles. The largest absolute Gasteiger partial charge is 0.497 e. The molecular weight excluding hydrogens is 455 g/mol. The molecule has 0 aliphatic rings. The van der Waals surface area contributed by atoms with Gasteiger partial charge >= 0.3 is 0 Å². The minimum absolute atomic E-state index is 0.0274. The van der Waals surface area contributed by atoms with E-state index in [0.29, 0.717) is 32.5 Å². The summed E-state index contributed by atoms with van der Waals surface area (Å²) in [5, 5.41) is 0. The molecule has 3 aromatic carbocycles. The molecule has 1 amide bonds. The number of carbonyl (C=O) groups excluding carboxylic acids is 1. The molecule has 0 radical (unpaired) electrons. The second-order valence-electron chi connectivity index (χ2n) is 8.50. The Labute approximate surface area is 211 Å². The van der Waals surface area contributed by atoms with Crippen LogP contribution in [0, 0.1) is 5.82 Å². The standard InChI is InChI=1S/C30H29FN2O3/c1-35-28-11-7-24(8-12-28)20-30(34)33(21-25-13-16-32-17-14-25)22-26-3-2-4-29(19-26)36-18-15-23-5-9-27(31)10-6-23/h2-14,16-17,19H,15,18,20-22H2,1H3. The van der Waals surface area contributed by atoms with E-state index in [1.807, 2.05) is 65.6 Å². The lowest BCUT2D eigenvalue weighted by Gasteiger charge is -2.23. The molecule has 0 spiro atoms. The number of amides is 1. The van der Waals surface area contributed by atoms with E-state index < -0.39 is 0 Å². The number of aromatic nitrogens is 1. The van der Waals surface area contributed by atoms with Gasteiger partial charge in [0, 0.05) is 31.9 Å². The van der Waals surface area contributed by atoms with Gasteiger partial charge in [-0.2, -0.15) is 0 Å². The smallest absolute Gasteiger partial charge is 0.227 e. The van der Waals surface area contributed by atoms with E-state index in [1.54, 1.807) is 31.6 Å². The highest BCUT2D eigenvalue weighted by molar-refractivity contribution is 5.78. The van der Waals surface area contributed by atoms with Gasteiger partial charge in [-0.05, 0) is 70.8 Å². The van der Waals surface area contributed by atoms with Crippen LogP contribution >= 0.6 is 0 Å². The first-order chi connectivity index (χ1) is 17.6. The van der Waals surface area contributed by atoms with Crippen molar-refractivity contribution in [3.8, 4) is 11.5 Å². The second-order valence-corrected chi connectivity index (χ2v) is 8.50. The third kappa shape index (κ3) is 7.40. The topological polar surface area (TPSA) is 51.7 Å². The number of rotatable bonds is 11. The fourth-order valence-corrected chi connectivity index (χ4v) is 3.86. The van der Waals surface area contributed by atoms with Crippen LogP contribution in [-0.2, 0) is 30.7 Å². The van der Waals surface area contributed by atoms with Crippen molar-refractivity contribution >= 4 is 5.91 Å². The van der Waals surface area contributed by atoms with Gasteiger partial charge in [0.2, 0.25) is 5.91 Å². The summed E-state index contributed by atoms with van der Waals surface area (Å²) >= 11 is 0. The lowest BCUT2D eigenvalue weighted by molar-refractivity contribution is -0.131. The predicted octanol–water partition coefficient (Wildman–Crippen LogP) is 5.62. The average Bonchev–Trinajstić information content (AvgIpc) is 2.91. The second kappa shape index (κ2) is 12.5. The Morgan fingerprint density at radius 2 is 1.50 bits per heavy atom. The van der Waals surface area contributed by atoms with Crippen molar-refractivity contribution in [2.24, 2.45) is 0 Å². The summed E-state index contributed by atoms with van der Waals surface area (Å²) in [6.45, 7) is 1.41. The Kier molecular flexibility index (Phi) is 8.65. The number of halogens is 1. The van der Waals surface area contributed by atoms with Gasteiger partial charge in [-0.15, -0.1) is 0 Å². The number of carbonyl (C=O) groups is 1. The van der Waals surface area contributed by atoms with Crippen molar-refractivity contribution < 1.29 is 18.7 Å². The van der Waals surface area contributed by atoms with Crippen molar-refractivity contribution in [3.63, 3.8) is 0 Å². The van der Waals surface area contributed by atoms with Crippen molar-refractivity contribution in [3.05, 3.63) is 125 Å². The quantitative estimate of drug-likeness (QED) is 0.277. The van der Waals surface area contributed by atoms with E-state index in [4.69, 9.17) is 9.47 Å². The van der Waals surface area contributed by atoms with Crippen LogP contribution in [0.5, 0.6) is 11.5 Å². The Bertz CT molecular complexity index is 1250. The highest BCUT2D eigenvalue weighted by Gasteiger charge is 2.16. The number of methoxy groups -OCH3 is 1. The van der Waals surface area contributed by atoms with Gasteiger partial charge in [0.05, 0.1) is 20.1 Å². The normalized spacial score (nSPS) is 10.6. The molecule has 6 heteroatoms. The molecule has 0 atom stereocenters. The molecule has 5 nitrogen and oxygen atoms in total. The highest BCUT2D eigenvalue weighted by atomic mass is 19.1. The molecule has 4 aromatic rings. The molecule has 0 fully saturated rings. The summed E-state index contributed by atoms with van der Waals surface area (Å²) in [5.41, 5.74) is 3.94. The lowest BCUT2D eigenvalue weighted by atomic mass is 10.1. The molecule has 0 aliphatic carbocycles. The number of hydrogen-bond acceptors (Lipinski definition) is 4. The summed E-state index contributed by atoms with van der Waals surface area (Å²) in [4.78, 5) is 19.3. The van der Waals surface area contributed by atoms with Gasteiger partial charge in [-0.3, -0.25) is 9.78 Å². The third-order valence-corrected chi connectivity index (χ3v) is 5.83. The summed E-state index contributed by atoms with van der Waals surface area (Å²) < 4.78 is 24.3. The van der Waals surface area contributed by atoms with Crippen LogP contribution in [0.4, 0.5) is 4.39 Å². The highest BCUT2D eigenvalue weighted by Crippen LogP contribution is 2.19. The van der Waals surface area contributed by atoms with Crippen molar-refractivity contribution in [1.29, 1.82) is 0 Å². The van der Waals surface area contributed by atoms with E-state index in [2.05, 4.69) is 4.98 Å². The van der Waals surface area contributed by atoms with Gasteiger partial charge in [0.25, 0.3) is 0 Å². The molecule has 4 rings (SSSR count). The van der Waals surface area contributed by atoms with E-state index in [1.165, 1.54) is 12.1 Å². The predicted molar refractivity (Wildman–Crippen MR) is 137 cm³/mol. The Morgan fingerprint density at radius 1 is 0.806 bits per heavy atom. The molecule has 0 bridgehead atoms. The van der Waals surface area contributed by atoms with Gasteiger partial charge in [-0.25, -0.2) is 4.39 Å². The zero-order chi connectivity index (χ0) is 25.2. The van der Waals surface area contributed by atoms with Crippen molar-refractivity contribution in [2.45, 2.75) is 25.9 Å². The van der Waals surface area contributed by atoms with Crippen molar-refractivity contribution in [2.75, 3.05) is 13.7 Å². The van der Waals surface area contributed by atoms with Crippen LogP contribution in [0.2, 0.25) is 0 Å². The van der Waals surface area contributed by atoms with E-state index in [0.717, 1.165) is 33.8 Å². The Hall–Kier alpha value is -4.19. The first kappa shape index (κ1) is 24.9. The van der Waals surface area contributed by atoms with Gasteiger partial charge in [-0.1, -0.05) is 36.4 Å². The molecule has 0 N–H and O–H groups in total. The fraction of sp³-hybridized carbons (Fsp3) is 0.200. The number of benzene rings is 3. The molecule has 0 aliphatic heterocycles. The first-order valence-electron chi connectivity index (χ1n) is 11.8. The van der Waals surface area contributed by atoms with E-state index in [-0.39, 0.29) is 11.7 Å². The summed E-state index contributed by atoms with van der Waals surface area (Å²) in [6, 6.07) is 25.6. The number of hydrogen-bond donors (Lipinski definition) is 0. The zero-order valence-corrected chi connectivity index (χ0v) is 20.3. The molecule has 0 saturated carbocycles. The summed E-state index contributed by atoms with van der Waals surface area (Å²) in [5.74, 6) is 1.28. The van der Waals surface area contributed by atoms with E-state index >= 15 is 0 Å². The number of pyridine rings is 1. The summed E-state index contributed by atoms with van der Waals surface area (Å²) in [6.07, 6.45) is 4.44. The third-order valence-electron chi connectivity index (χ3n) is 5.83. The van der Waals surface area contributed by atoms with Crippen LogP contribution in [-0.4, -0.2) is 29.5 Å². The van der Waals surface area contributed by atoms with Crippen LogP contribution in [0.1, 0.15) is 22.3 Å². The average molecular weight is 485 g/mol. The first-order valence-corrected chi connectivity index (χ1v) is 11.8. The molecule has 0 saturated heterocycles. The maximum absolute atomic E-state index is 13.3. The molecular formula is C30H29FN2O3.